The summed E-state index contributed by atoms with van der Waals surface area (Å²) in [6.07, 6.45) is 1.33. The van der Waals surface area contributed by atoms with Crippen molar-refractivity contribution in [1.82, 2.24) is 0 Å². The van der Waals surface area contributed by atoms with Crippen LogP contribution in [0.3, 0.4) is 0 Å². The van der Waals surface area contributed by atoms with Crippen LogP contribution < -0.4 is 4.90 Å². The molecule has 0 fully saturated rings. The molecule has 1 amide bonds. The number of fused-ring (bicyclic) bond motifs is 3. The van der Waals surface area contributed by atoms with Crippen molar-refractivity contribution in [2.45, 2.75) is 32.6 Å². The number of aryl methyl sites for hydroxylation is 2. The van der Waals surface area contributed by atoms with E-state index in [4.69, 9.17) is 11.6 Å². The molecule has 0 saturated heterocycles. The van der Waals surface area contributed by atoms with Gasteiger partial charge in [-0.2, -0.15) is 0 Å². The molecule has 4 rings (SSSR count). The number of carbonyl (C=O) groups is 1. The van der Waals surface area contributed by atoms with Crippen molar-refractivity contribution < 1.29 is 9.90 Å². The number of rotatable bonds is 4. The number of benzene rings is 2. The lowest BCUT2D eigenvalue weighted by molar-refractivity contribution is -0.117. The number of carbonyl (C=O) groups excluding carboxylic acids is 1. The topological polar surface area (TPSA) is 40.5 Å². The molecule has 2 heterocycles. The Morgan fingerprint density at radius 1 is 1.30 bits per heavy atom. The third-order valence-corrected chi connectivity index (χ3v) is 6.90. The quantitative estimate of drug-likeness (QED) is 0.597. The Morgan fingerprint density at radius 3 is 2.67 bits per heavy atom. The van der Waals surface area contributed by atoms with Crippen LogP contribution in [-0.2, 0) is 17.6 Å². The van der Waals surface area contributed by atoms with E-state index in [0.29, 0.717) is 18.8 Å². The molecule has 1 N–H and O–H groups in total. The number of aromatic hydroxyl groups is 1. The lowest BCUT2D eigenvalue weighted by Gasteiger charge is -2.18. The molecule has 1 aliphatic rings. The maximum Gasteiger partial charge on any atom is 0.231 e. The molecule has 1 aromatic heterocycles. The zero-order valence-corrected chi connectivity index (χ0v) is 17.0. The maximum absolute atomic E-state index is 13.1. The number of amides is 1. The highest BCUT2D eigenvalue weighted by Gasteiger charge is 2.35. The molecule has 0 radical (unpaired) electrons. The second-order valence-corrected chi connectivity index (χ2v) is 8.34. The summed E-state index contributed by atoms with van der Waals surface area (Å²) in [7, 11) is 0. The number of thiophene rings is 1. The normalized spacial score (nSPS) is 16.1. The Morgan fingerprint density at radius 2 is 2.00 bits per heavy atom. The van der Waals surface area contributed by atoms with Crippen molar-refractivity contribution in [3.05, 3.63) is 58.0 Å². The first kappa shape index (κ1) is 18.3. The summed E-state index contributed by atoms with van der Waals surface area (Å²) in [5, 5.41) is 13.6. The number of phenolic OH excluding ortho intramolecular Hbond substituents is 1. The van der Waals surface area contributed by atoms with E-state index in [-0.39, 0.29) is 17.6 Å². The van der Waals surface area contributed by atoms with Gasteiger partial charge in [0.25, 0.3) is 0 Å². The van der Waals surface area contributed by atoms with E-state index in [1.54, 1.807) is 11.0 Å². The highest BCUT2D eigenvalue weighted by molar-refractivity contribution is 7.17. The Hall–Kier alpha value is -2.04. The van der Waals surface area contributed by atoms with E-state index >= 15 is 0 Å². The monoisotopic (exact) mass is 399 g/mol. The molecule has 0 saturated carbocycles. The highest BCUT2D eigenvalue weighted by Crippen LogP contribution is 2.48. The Kier molecular flexibility index (Phi) is 4.87. The number of phenols is 1. The van der Waals surface area contributed by atoms with Crippen LogP contribution in [0.5, 0.6) is 5.75 Å². The van der Waals surface area contributed by atoms with Crippen LogP contribution in [0.15, 0.2) is 35.7 Å². The fourth-order valence-electron chi connectivity index (χ4n) is 3.94. The van der Waals surface area contributed by atoms with Crippen LogP contribution in [0.4, 0.5) is 5.69 Å². The molecule has 3 nitrogen and oxygen atoms in total. The molecule has 5 heteroatoms. The van der Waals surface area contributed by atoms with E-state index in [9.17, 15) is 9.90 Å². The predicted molar refractivity (Wildman–Crippen MR) is 114 cm³/mol. The van der Waals surface area contributed by atoms with E-state index in [0.717, 1.165) is 38.9 Å². The summed E-state index contributed by atoms with van der Waals surface area (Å²) in [5.74, 6) is 0.823. The van der Waals surface area contributed by atoms with Crippen LogP contribution in [0.25, 0.3) is 10.1 Å². The van der Waals surface area contributed by atoms with E-state index in [1.165, 1.54) is 16.9 Å². The van der Waals surface area contributed by atoms with Gasteiger partial charge in [0.15, 0.2) is 0 Å². The molecule has 1 aliphatic heterocycles. The SMILES string of the molecule is CCc1ccc(CC(=O)N2C[C@@H](CCl)c3c2cc(O)c2scc(C)c32)cc1. The lowest BCUT2D eigenvalue weighted by Crippen LogP contribution is -2.31. The molecule has 27 heavy (non-hydrogen) atoms. The average Bonchev–Trinajstić information content (AvgIpc) is 3.23. The molecule has 140 valence electrons. The van der Waals surface area contributed by atoms with Gasteiger partial charge in [-0.15, -0.1) is 22.9 Å². The second kappa shape index (κ2) is 7.17. The smallest absolute Gasteiger partial charge is 0.231 e. The van der Waals surface area contributed by atoms with Gasteiger partial charge < -0.3 is 10.0 Å². The van der Waals surface area contributed by atoms with Crippen LogP contribution in [0.2, 0.25) is 0 Å². The van der Waals surface area contributed by atoms with Crippen LogP contribution >= 0.6 is 22.9 Å². The largest absolute Gasteiger partial charge is 0.506 e. The predicted octanol–water partition coefficient (Wildman–Crippen LogP) is 5.39. The minimum atomic E-state index is 0.0414. The van der Waals surface area contributed by atoms with Crippen molar-refractivity contribution in [2.75, 3.05) is 17.3 Å². The van der Waals surface area contributed by atoms with Gasteiger partial charge >= 0.3 is 0 Å². The number of nitrogens with zero attached hydrogens (tertiary/aromatic N) is 1. The molecule has 1 atom stereocenters. The zero-order chi connectivity index (χ0) is 19.1. The summed E-state index contributed by atoms with van der Waals surface area (Å²) >= 11 is 7.80. The molecule has 0 unspecified atom stereocenters. The van der Waals surface area contributed by atoms with Crippen LogP contribution in [-0.4, -0.2) is 23.4 Å². The minimum absolute atomic E-state index is 0.0414. The minimum Gasteiger partial charge on any atom is -0.506 e. The Balaban J connectivity index is 1.71. The van der Waals surface area contributed by atoms with Gasteiger partial charge in [-0.05, 0) is 41.0 Å². The average molecular weight is 400 g/mol. The van der Waals surface area contributed by atoms with Gasteiger partial charge in [0.1, 0.15) is 5.75 Å². The Bertz CT molecular complexity index is 1010. The zero-order valence-electron chi connectivity index (χ0n) is 15.5. The molecule has 2 aromatic carbocycles. The number of hydrogen-bond acceptors (Lipinski definition) is 3. The number of halogens is 1. The first-order chi connectivity index (χ1) is 13.0. The summed E-state index contributed by atoms with van der Waals surface area (Å²) in [6, 6.07) is 9.93. The summed E-state index contributed by atoms with van der Waals surface area (Å²) in [5.41, 5.74) is 5.31. The first-order valence-electron chi connectivity index (χ1n) is 9.21. The molecular formula is C22H22ClNO2S. The lowest BCUT2D eigenvalue weighted by atomic mass is 9.97. The maximum atomic E-state index is 13.1. The van der Waals surface area contributed by atoms with E-state index < -0.39 is 0 Å². The van der Waals surface area contributed by atoms with Gasteiger partial charge in [0, 0.05) is 29.8 Å². The first-order valence-corrected chi connectivity index (χ1v) is 10.6. The van der Waals surface area contributed by atoms with Gasteiger partial charge in [-0.25, -0.2) is 0 Å². The number of hydrogen-bond donors (Lipinski definition) is 1. The van der Waals surface area contributed by atoms with Crippen molar-refractivity contribution in [1.29, 1.82) is 0 Å². The van der Waals surface area contributed by atoms with Crippen molar-refractivity contribution in [3.8, 4) is 5.75 Å². The van der Waals surface area contributed by atoms with Gasteiger partial charge in [0.2, 0.25) is 5.91 Å². The second-order valence-electron chi connectivity index (χ2n) is 7.15. The number of alkyl halides is 1. The standard InChI is InChI=1S/C22H22ClNO2S/c1-3-14-4-6-15(7-5-14)8-19(26)24-11-16(10-23)21-17(24)9-18(25)22-20(21)13(2)12-27-22/h4-7,9,12,16,25H,3,8,10-11H2,1-2H3/t16-/m1/s1. The van der Waals surface area contributed by atoms with Crippen molar-refractivity contribution in [2.24, 2.45) is 0 Å². The van der Waals surface area contributed by atoms with Crippen LogP contribution in [0, 0.1) is 6.92 Å². The fourth-order valence-corrected chi connectivity index (χ4v) is 5.17. The fraction of sp³-hybridized carbons (Fsp3) is 0.318. The third-order valence-electron chi connectivity index (χ3n) is 5.40. The summed E-state index contributed by atoms with van der Waals surface area (Å²) in [6.45, 7) is 4.73. The van der Waals surface area contributed by atoms with Gasteiger partial charge in [-0.1, -0.05) is 31.2 Å². The molecule has 0 aliphatic carbocycles. The van der Waals surface area contributed by atoms with Crippen molar-refractivity contribution in [3.63, 3.8) is 0 Å². The van der Waals surface area contributed by atoms with Gasteiger partial charge in [-0.3, -0.25) is 4.79 Å². The summed E-state index contributed by atoms with van der Waals surface area (Å²) in [4.78, 5) is 14.9. The van der Waals surface area contributed by atoms with Gasteiger partial charge in [0.05, 0.1) is 16.8 Å². The van der Waals surface area contributed by atoms with Crippen LogP contribution in [0.1, 0.15) is 35.1 Å². The third kappa shape index (κ3) is 3.11. The summed E-state index contributed by atoms with van der Waals surface area (Å²) < 4.78 is 0.880. The molecule has 0 bridgehead atoms. The highest BCUT2D eigenvalue weighted by atomic mass is 35.5. The van der Waals surface area contributed by atoms with E-state index in [2.05, 4.69) is 24.4 Å². The van der Waals surface area contributed by atoms with E-state index in [1.807, 2.05) is 19.1 Å². The molecular weight excluding hydrogens is 378 g/mol. The Labute approximate surface area is 168 Å². The molecule has 0 spiro atoms. The molecule has 3 aromatic rings. The number of anilines is 1. The van der Waals surface area contributed by atoms with Crippen molar-refractivity contribution >= 4 is 44.6 Å².